The van der Waals surface area contributed by atoms with Crippen molar-refractivity contribution in [3.63, 3.8) is 0 Å². The fourth-order valence-corrected chi connectivity index (χ4v) is 1.92. The number of nitrogens with one attached hydrogen (secondary N) is 2. The van der Waals surface area contributed by atoms with E-state index in [-0.39, 0.29) is 5.91 Å². The normalized spacial score (nSPS) is 26.3. The van der Waals surface area contributed by atoms with Gasteiger partial charge in [-0.25, -0.2) is 0 Å². The van der Waals surface area contributed by atoms with Crippen LogP contribution >= 0.6 is 0 Å². The maximum absolute atomic E-state index is 11.9. The van der Waals surface area contributed by atoms with Gasteiger partial charge in [0.25, 0.3) is 5.91 Å². The van der Waals surface area contributed by atoms with Crippen LogP contribution in [0.5, 0.6) is 0 Å². The van der Waals surface area contributed by atoms with E-state index in [0.29, 0.717) is 0 Å². The van der Waals surface area contributed by atoms with Crippen molar-refractivity contribution in [3.05, 3.63) is 42.1 Å². The summed E-state index contributed by atoms with van der Waals surface area (Å²) in [6, 6.07) is 7.56. The van der Waals surface area contributed by atoms with Crippen LogP contribution in [0.4, 0.5) is 5.69 Å². The van der Waals surface area contributed by atoms with E-state index >= 15 is 0 Å². The molecule has 0 saturated carbocycles. The first-order chi connectivity index (χ1) is 7.33. The summed E-state index contributed by atoms with van der Waals surface area (Å²) in [5.74, 6) is -0.135. The van der Waals surface area contributed by atoms with Crippen molar-refractivity contribution in [2.24, 2.45) is 4.99 Å². The van der Waals surface area contributed by atoms with E-state index < -0.39 is 5.66 Å². The maximum atomic E-state index is 11.9. The molecule has 4 heteroatoms. The van der Waals surface area contributed by atoms with Crippen LogP contribution in [0.2, 0.25) is 0 Å². The molecule has 1 spiro atoms. The molecule has 2 N–H and O–H groups in total. The SMILES string of the molecule is O=C1Nc2ccccc2C12N=CC=CN2. The van der Waals surface area contributed by atoms with E-state index in [1.165, 1.54) is 0 Å². The Kier molecular flexibility index (Phi) is 1.48. The lowest BCUT2D eigenvalue weighted by Gasteiger charge is -2.24. The highest BCUT2D eigenvalue weighted by Crippen LogP contribution is 2.37. The third-order valence-corrected chi connectivity index (χ3v) is 2.64. The number of anilines is 1. The van der Waals surface area contributed by atoms with Crippen molar-refractivity contribution in [2.75, 3.05) is 5.32 Å². The van der Waals surface area contributed by atoms with Crippen LogP contribution < -0.4 is 10.6 Å². The van der Waals surface area contributed by atoms with E-state index in [4.69, 9.17) is 0 Å². The molecule has 74 valence electrons. The number of carbonyl (C=O) groups excluding carboxylic acids is 1. The topological polar surface area (TPSA) is 53.5 Å². The zero-order valence-corrected chi connectivity index (χ0v) is 7.90. The Labute approximate surface area is 86.7 Å². The summed E-state index contributed by atoms with van der Waals surface area (Å²) in [4.78, 5) is 16.1. The first kappa shape index (κ1) is 8.23. The van der Waals surface area contributed by atoms with Gasteiger partial charge in [-0.3, -0.25) is 9.79 Å². The number of allylic oxidation sites excluding steroid dienone is 1. The second-order valence-corrected chi connectivity index (χ2v) is 3.49. The van der Waals surface area contributed by atoms with Crippen LogP contribution in [0.25, 0.3) is 0 Å². The highest BCUT2D eigenvalue weighted by atomic mass is 16.2. The smallest absolute Gasteiger partial charge is 0.277 e. The summed E-state index contributed by atoms with van der Waals surface area (Å²) in [7, 11) is 0. The summed E-state index contributed by atoms with van der Waals surface area (Å²) in [6.45, 7) is 0. The molecular formula is C11H9N3O. The summed E-state index contributed by atoms with van der Waals surface area (Å²) >= 11 is 0. The molecule has 1 unspecified atom stereocenters. The molecular weight excluding hydrogens is 190 g/mol. The number of hydrogen-bond donors (Lipinski definition) is 2. The molecule has 0 bridgehead atoms. The number of carbonyl (C=O) groups is 1. The molecule has 2 aliphatic rings. The Balaban J connectivity index is 2.21. The molecule has 3 rings (SSSR count). The number of benzene rings is 1. The van der Waals surface area contributed by atoms with Crippen molar-refractivity contribution in [1.29, 1.82) is 0 Å². The zero-order valence-electron chi connectivity index (χ0n) is 7.90. The quantitative estimate of drug-likeness (QED) is 0.654. The van der Waals surface area contributed by atoms with Crippen molar-refractivity contribution in [1.82, 2.24) is 5.32 Å². The third-order valence-electron chi connectivity index (χ3n) is 2.64. The van der Waals surface area contributed by atoms with Crippen LogP contribution in [-0.4, -0.2) is 12.1 Å². The lowest BCUT2D eigenvalue weighted by molar-refractivity contribution is -0.121. The third kappa shape index (κ3) is 0.958. The van der Waals surface area contributed by atoms with E-state index in [2.05, 4.69) is 15.6 Å². The monoisotopic (exact) mass is 199 g/mol. The average molecular weight is 199 g/mol. The molecule has 0 fully saturated rings. The maximum Gasteiger partial charge on any atom is 0.277 e. The van der Waals surface area contributed by atoms with Gasteiger partial charge in [0, 0.05) is 23.7 Å². The van der Waals surface area contributed by atoms with E-state index in [9.17, 15) is 4.79 Å². The van der Waals surface area contributed by atoms with Gasteiger partial charge in [0.1, 0.15) is 0 Å². The molecule has 1 amide bonds. The minimum atomic E-state index is -0.953. The lowest BCUT2D eigenvalue weighted by atomic mass is 10.0. The molecule has 1 aromatic carbocycles. The van der Waals surface area contributed by atoms with Crippen LogP contribution in [0, 0.1) is 0 Å². The van der Waals surface area contributed by atoms with Crippen molar-refractivity contribution in [2.45, 2.75) is 5.66 Å². The Morgan fingerprint density at radius 2 is 2.13 bits per heavy atom. The highest BCUT2D eigenvalue weighted by Gasteiger charge is 2.46. The second kappa shape index (κ2) is 2.70. The fraction of sp³-hybridized carbons (Fsp3) is 0.0909. The first-order valence-electron chi connectivity index (χ1n) is 4.72. The number of rotatable bonds is 0. The Hall–Kier alpha value is -2.10. The molecule has 0 radical (unpaired) electrons. The minimum Gasteiger partial charge on any atom is -0.356 e. The summed E-state index contributed by atoms with van der Waals surface area (Å²) < 4.78 is 0. The van der Waals surface area contributed by atoms with Gasteiger partial charge in [0.15, 0.2) is 0 Å². The van der Waals surface area contributed by atoms with Gasteiger partial charge in [-0.2, -0.15) is 0 Å². The van der Waals surface area contributed by atoms with E-state index in [1.54, 1.807) is 18.5 Å². The summed E-state index contributed by atoms with van der Waals surface area (Å²) in [6.07, 6.45) is 5.13. The summed E-state index contributed by atoms with van der Waals surface area (Å²) in [5.41, 5.74) is 0.740. The van der Waals surface area contributed by atoms with Crippen molar-refractivity contribution >= 4 is 17.8 Å². The fourth-order valence-electron chi connectivity index (χ4n) is 1.92. The van der Waals surface area contributed by atoms with Gasteiger partial charge in [-0.1, -0.05) is 18.2 Å². The number of aliphatic imine (C=N–C) groups is 1. The molecule has 2 aliphatic heterocycles. The molecule has 0 saturated heterocycles. The molecule has 0 aliphatic carbocycles. The predicted octanol–water partition coefficient (Wildman–Crippen LogP) is 0.979. The Bertz CT molecular complexity index is 492. The Morgan fingerprint density at radius 1 is 1.27 bits per heavy atom. The number of para-hydroxylation sites is 1. The van der Waals surface area contributed by atoms with E-state index in [1.807, 2.05) is 24.3 Å². The van der Waals surface area contributed by atoms with Crippen LogP contribution in [0.1, 0.15) is 5.56 Å². The standard InChI is InChI=1S/C11H9N3O/c15-10-11(12-6-3-7-13-11)8-4-1-2-5-9(8)14-10/h1-7,12H,(H,14,15). The van der Waals surface area contributed by atoms with E-state index in [0.717, 1.165) is 11.3 Å². The molecule has 2 heterocycles. The zero-order chi connectivity index (χ0) is 10.3. The highest BCUT2D eigenvalue weighted by molar-refractivity contribution is 6.07. The number of amides is 1. The van der Waals surface area contributed by atoms with Crippen molar-refractivity contribution in [3.8, 4) is 0 Å². The summed E-state index contributed by atoms with van der Waals surface area (Å²) in [5, 5.41) is 5.82. The minimum absolute atomic E-state index is 0.135. The van der Waals surface area contributed by atoms with Gasteiger partial charge in [0.2, 0.25) is 5.66 Å². The van der Waals surface area contributed by atoms with Gasteiger partial charge >= 0.3 is 0 Å². The Morgan fingerprint density at radius 3 is 2.93 bits per heavy atom. The van der Waals surface area contributed by atoms with Gasteiger partial charge in [-0.15, -0.1) is 0 Å². The van der Waals surface area contributed by atoms with Crippen LogP contribution in [0.15, 0.2) is 41.5 Å². The molecule has 1 atom stereocenters. The molecule has 1 aromatic rings. The number of hydrogen-bond acceptors (Lipinski definition) is 3. The molecule has 4 nitrogen and oxygen atoms in total. The van der Waals surface area contributed by atoms with Crippen LogP contribution in [-0.2, 0) is 10.5 Å². The van der Waals surface area contributed by atoms with Crippen LogP contribution in [0.3, 0.4) is 0 Å². The number of fused-ring (bicyclic) bond motifs is 2. The molecule has 0 aromatic heterocycles. The van der Waals surface area contributed by atoms with Crippen molar-refractivity contribution < 1.29 is 4.79 Å². The predicted molar refractivity (Wildman–Crippen MR) is 57.5 cm³/mol. The average Bonchev–Trinajstić information content (AvgIpc) is 2.55. The molecule has 15 heavy (non-hydrogen) atoms. The van der Waals surface area contributed by atoms with Gasteiger partial charge in [0.05, 0.1) is 0 Å². The van der Waals surface area contributed by atoms with Gasteiger partial charge < -0.3 is 10.6 Å². The second-order valence-electron chi connectivity index (χ2n) is 3.49. The first-order valence-corrected chi connectivity index (χ1v) is 4.72. The largest absolute Gasteiger partial charge is 0.356 e. The van der Waals surface area contributed by atoms with Gasteiger partial charge in [-0.05, 0) is 12.1 Å². The number of nitrogens with zero attached hydrogens (tertiary/aromatic N) is 1. The lowest BCUT2D eigenvalue weighted by Crippen LogP contribution is -2.45.